The van der Waals surface area contributed by atoms with Crippen molar-refractivity contribution in [2.75, 3.05) is 13.2 Å². The van der Waals surface area contributed by atoms with Crippen LogP contribution < -0.4 is 10.1 Å². The lowest BCUT2D eigenvalue weighted by atomic mass is 9.93. The van der Waals surface area contributed by atoms with Crippen molar-refractivity contribution in [3.63, 3.8) is 0 Å². The van der Waals surface area contributed by atoms with E-state index >= 15 is 0 Å². The number of benzene rings is 1. The quantitative estimate of drug-likeness (QED) is 0.583. The summed E-state index contributed by atoms with van der Waals surface area (Å²) in [6.07, 6.45) is -3.93. The molecule has 6 nitrogen and oxygen atoms in total. The first-order valence-corrected chi connectivity index (χ1v) is 8.25. The van der Waals surface area contributed by atoms with Gasteiger partial charge in [-0.15, -0.1) is 0 Å². The minimum Gasteiger partial charge on any atom is -0.494 e. The average molecular weight is 393 g/mol. The first-order chi connectivity index (χ1) is 12.3. The van der Waals surface area contributed by atoms with Gasteiger partial charge in [0, 0.05) is 13.1 Å². The highest BCUT2D eigenvalue weighted by molar-refractivity contribution is 5.73. The fourth-order valence-corrected chi connectivity index (χ4v) is 1.65. The molecule has 0 saturated heterocycles. The van der Waals surface area contributed by atoms with E-state index in [9.17, 15) is 18.0 Å². The van der Waals surface area contributed by atoms with Gasteiger partial charge >= 0.3 is 18.1 Å². The van der Waals surface area contributed by atoms with E-state index in [4.69, 9.17) is 19.7 Å². The molecule has 0 amide bonds. The van der Waals surface area contributed by atoms with Crippen molar-refractivity contribution in [1.82, 2.24) is 5.32 Å². The van der Waals surface area contributed by atoms with Crippen LogP contribution in [0.4, 0.5) is 13.2 Å². The molecule has 0 atom stereocenters. The van der Waals surface area contributed by atoms with Gasteiger partial charge in [-0.05, 0) is 29.5 Å². The van der Waals surface area contributed by atoms with Gasteiger partial charge in [0.1, 0.15) is 5.75 Å². The number of carboxylic acid groups (broad SMARTS) is 2. The fraction of sp³-hybridized carbons (Fsp3) is 0.556. The first-order valence-electron chi connectivity index (χ1n) is 8.25. The zero-order chi connectivity index (χ0) is 21.1. The lowest BCUT2D eigenvalue weighted by Crippen LogP contribution is -2.21. The van der Waals surface area contributed by atoms with Crippen molar-refractivity contribution < 1.29 is 37.7 Å². The molecule has 3 N–H and O–H groups in total. The summed E-state index contributed by atoms with van der Waals surface area (Å²) in [6.45, 7) is 8.42. The number of hydrogen-bond donors (Lipinski definition) is 3. The number of alkyl halides is 3. The topological polar surface area (TPSA) is 95.9 Å². The van der Waals surface area contributed by atoms with Crippen LogP contribution in [0.5, 0.6) is 5.75 Å². The summed E-state index contributed by atoms with van der Waals surface area (Å²) in [5.74, 6) is -2.67. The molecule has 0 saturated carbocycles. The Morgan fingerprint density at radius 1 is 1.15 bits per heavy atom. The summed E-state index contributed by atoms with van der Waals surface area (Å²) in [5.41, 5.74) is 1.37. The van der Waals surface area contributed by atoms with Crippen molar-refractivity contribution >= 4 is 11.9 Å². The average Bonchev–Trinajstić information content (AvgIpc) is 2.50. The molecule has 0 aliphatic carbocycles. The van der Waals surface area contributed by atoms with Crippen LogP contribution in [0.1, 0.15) is 39.2 Å². The fourth-order valence-electron chi connectivity index (χ4n) is 1.65. The van der Waals surface area contributed by atoms with Crippen LogP contribution in [-0.4, -0.2) is 41.5 Å². The number of carboxylic acids is 2. The van der Waals surface area contributed by atoms with Crippen molar-refractivity contribution in [3.8, 4) is 5.75 Å². The summed E-state index contributed by atoms with van der Waals surface area (Å²) >= 11 is 0. The van der Waals surface area contributed by atoms with Crippen LogP contribution in [0.25, 0.3) is 0 Å². The van der Waals surface area contributed by atoms with E-state index in [1.54, 1.807) is 0 Å². The molecule has 9 heteroatoms. The third-order valence-electron chi connectivity index (χ3n) is 3.11. The molecule has 0 fully saturated rings. The van der Waals surface area contributed by atoms with Crippen molar-refractivity contribution in [2.45, 2.75) is 46.3 Å². The molecule has 0 aliphatic heterocycles. The highest BCUT2D eigenvalue weighted by atomic mass is 19.4. The zero-order valence-corrected chi connectivity index (χ0v) is 15.6. The van der Waals surface area contributed by atoms with Crippen LogP contribution in [0.3, 0.4) is 0 Å². The molecule has 0 aliphatic rings. The Morgan fingerprint density at radius 3 is 2.22 bits per heavy atom. The van der Waals surface area contributed by atoms with Gasteiger partial charge in [-0.1, -0.05) is 32.9 Å². The van der Waals surface area contributed by atoms with Crippen LogP contribution >= 0.6 is 0 Å². The third-order valence-corrected chi connectivity index (χ3v) is 3.11. The van der Waals surface area contributed by atoms with Crippen LogP contribution in [0, 0.1) is 5.41 Å². The van der Waals surface area contributed by atoms with E-state index in [1.165, 1.54) is 0 Å². The molecule has 0 aromatic heterocycles. The molecular weight excluding hydrogens is 367 g/mol. The zero-order valence-electron chi connectivity index (χ0n) is 15.6. The summed E-state index contributed by atoms with van der Waals surface area (Å²) in [5, 5.41) is 18.8. The second kappa shape index (κ2) is 11.4. The largest absolute Gasteiger partial charge is 0.494 e. The molecule has 1 aromatic rings. The molecule has 0 radical (unpaired) electrons. The molecule has 0 bridgehead atoms. The van der Waals surface area contributed by atoms with Crippen molar-refractivity contribution in [1.29, 1.82) is 0 Å². The highest BCUT2D eigenvalue weighted by Gasteiger charge is 2.38. The standard InChI is InChI=1S/C16H25NO3.C2HF3O2/c1-16(2,3)8-10-20-14-6-4-5-13(11-14)12-17-9-7-15(18)19;3-2(4,5)1(6)7/h4-6,11,17H,7-10,12H2,1-3H3,(H,18,19);(H,6,7). The van der Waals surface area contributed by atoms with E-state index in [0.717, 1.165) is 17.7 Å². The summed E-state index contributed by atoms with van der Waals surface area (Å²) in [6, 6.07) is 7.91. The van der Waals surface area contributed by atoms with Crippen LogP contribution in [0.2, 0.25) is 0 Å². The number of rotatable bonds is 8. The van der Waals surface area contributed by atoms with Crippen molar-refractivity contribution in [3.05, 3.63) is 29.8 Å². The molecule has 0 heterocycles. The van der Waals surface area contributed by atoms with E-state index in [2.05, 4.69) is 26.1 Å². The molecule has 0 unspecified atom stereocenters. The molecule has 1 rings (SSSR count). The summed E-state index contributed by atoms with van der Waals surface area (Å²) in [4.78, 5) is 19.3. The summed E-state index contributed by atoms with van der Waals surface area (Å²) in [7, 11) is 0. The lowest BCUT2D eigenvalue weighted by Gasteiger charge is -2.18. The smallest absolute Gasteiger partial charge is 0.490 e. The van der Waals surface area contributed by atoms with Gasteiger partial charge in [-0.2, -0.15) is 13.2 Å². The first kappa shape index (κ1) is 24.7. The maximum absolute atomic E-state index is 10.6. The number of hydrogen-bond acceptors (Lipinski definition) is 4. The van der Waals surface area contributed by atoms with Crippen LogP contribution in [-0.2, 0) is 16.1 Å². The number of aliphatic carboxylic acids is 2. The maximum Gasteiger partial charge on any atom is 0.490 e. The van der Waals surface area contributed by atoms with E-state index < -0.39 is 18.1 Å². The SMILES string of the molecule is CC(C)(C)CCOc1cccc(CNCCC(=O)O)c1.O=C(O)C(F)(F)F. The Kier molecular flexibility index (Phi) is 10.5. The molecular formula is C18H26F3NO5. The van der Waals surface area contributed by atoms with E-state index in [-0.39, 0.29) is 11.8 Å². The van der Waals surface area contributed by atoms with Crippen LogP contribution in [0.15, 0.2) is 24.3 Å². The lowest BCUT2D eigenvalue weighted by molar-refractivity contribution is -0.192. The Balaban J connectivity index is 0.000000821. The number of halogens is 3. The minimum atomic E-state index is -5.08. The van der Waals surface area contributed by atoms with E-state index in [1.807, 2.05) is 24.3 Å². The number of carbonyl (C=O) groups is 2. The molecule has 0 spiro atoms. The van der Waals surface area contributed by atoms with Gasteiger partial charge in [0.05, 0.1) is 13.0 Å². The maximum atomic E-state index is 10.6. The summed E-state index contributed by atoms with van der Waals surface area (Å²) < 4.78 is 37.5. The monoisotopic (exact) mass is 393 g/mol. The second-order valence-corrected chi connectivity index (χ2v) is 6.93. The predicted molar refractivity (Wildman–Crippen MR) is 93.7 cm³/mol. The van der Waals surface area contributed by atoms with E-state index in [0.29, 0.717) is 19.7 Å². The Bertz CT molecular complexity index is 597. The predicted octanol–water partition coefficient (Wildman–Crippen LogP) is 3.70. The highest BCUT2D eigenvalue weighted by Crippen LogP contribution is 2.20. The van der Waals surface area contributed by atoms with Gasteiger partial charge in [0.15, 0.2) is 0 Å². The molecule has 154 valence electrons. The Labute approximate surface area is 156 Å². The van der Waals surface area contributed by atoms with Gasteiger partial charge in [-0.25, -0.2) is 4.79 Å². The third kappa shape index (κ3) is 14.6. The number of nitrogens with one attached hydrogen (secondary N) is 1. The molecule has 1 aromatic carbocycles. The van der Waals surface area contributed by atoms with Gasteiger partial charge in [0.25, 0.3) is 0 Å². The minimum absolute atomic E-state index is 0.141. The van der Waals surface area contributed by atoms with Gasteiger partial charge in [-0.3, -0.25) is 4.79 Å². The van der Waals surface area contributed by atoms with Gasteiger partial charge in [0.2, 0.25) is 0 Å². The Morgan fingerprint density at radius 2 is 1.74 bits per heavy atom. The van der Waals surface area contributed by atoms with Crippen molar-refractivity contribution in [2.24, 2.45) is 5.41 Å². The number of ether oxygens (including phenoxy) is 1. The second-order valence-electron chi connectivity index (χ2n) is 6.93. The normalized spacial score (nSPS) is 11.3. The molecule has 27 heavy (non-hydrogen) atoms. The Hall–Kier alpha value is -2.29. The van der Waals surface area contributed by atoms with Gasteiger partial charge < -0.3 is 20.3 Å².